The normalized spacial score (nSPS) is 24.1. The van der Waals surface area contributed by atoms with Gasteiger partial charge in [0.1, 0.15) is 5.82 Å². The summed E-state index contributed by atoms with van der Waals surface area (Å²) in [7, 11) is 0. The van der Waals surface area contributed by atoms with Crippen LogP contribution in [0.1, 0.15) is 44.6 Å². The molecule has 0 bridgehead atoms. The minimum atomic E-state index is -0.131. The molecule has 106 valence electrons. The summed E-state index contributed by atoms with van der Waals surface area (Å²) in [5.41, 5.74) is 1.29. The molecule has 1 fully saturated rings. The van der Waals surface area contributed by atoms with Gasteiger partial charge in [0.25, 0.3) is 0 Å². The van der Waals surface area contributed by atoms with Crippen LogP contribution in [0, 0.1) is 17.7 Å². The van der Waals surface area contributed by atoms with Crippen molar-refractivity contribution in [3.8, 4) is 0 Å². The van der Waals surface area contributed by atoms with E-state index < -0.39 is 0 Å². The van der Waals surface area contributed by atoms with Gasteiger partial charge in [-0.05, 0) is 61.9 Å². The lowest BCUT2D eigenvalue weighted by atomic mass is 9.83. The Labute approximate surface area is 116 Å². The predicted octanol–water partition coefficient (Wildman–Crippen LogP) is 4.17. The number of nitrogens with one attached hydrogen (secondary N) is 1. The van der Waals surface area contributed by atoms with E-state index in [-0.39, 0.29) is 5.82 Å². The van der Waals surface area contributed by atoms with Gasteiger partial charge in [-0.15, -0.1) is 0 Å². The lowest BCUT2D eigenvalue weighted by Crippen LogP contribution is -2.28. The monoisotopic (exact) mass is 263 g/mol. The van der Waals surface area contributed by atoms with Crippen LogP contribution in [0.5, 0.6) is 0 Å². The van der Waals surface area contributed by atoms with Gasteiger partial charge in [-0.2, -0.15) is 0 Å². The molecule has 1 saturated carbocycles. The molecule has 2 atom stereocenters. The van der Waals surface area contributed by atoms with Crippen molar-refractivity contribution >= 4 is 0 Å². The maximum atomic E-state index is 13.0. The zero-order valence-corrected chi connectivity index (χ0v) is 12.0. The Hall–Kier alpha value is -0.890. The van der Waals surface area contributed by atoms with E-state index in [1.807, 2.05) is 12.1 Å². The second-order valence-corrected chi connectivity index (χ2v) is 5.80. The van der Waals surface area contributed by atoms with E-state index in [9.17, 15) is 4.39 Å². The average Bonchev–Trinajstić information content (AvgIpc) is 2.64. The van der Waals surface area contributed by atoms with Gasteiger partial charge < -0.3 is 5.32 Å². The van der Waals surface area contributed by atoms with Crippen molar-refractivity contribution in [1.29, 1.82) is 0 Å². The van der Waals surface area contributed by atoms with Crippen molar-refractivity contribution < 1.29 is 4.39 Å². The highest BCUT2D eigenvalue weighted by Crippen LogP contribution is 2.31. The maximum Gasteiger partial charge on any atom is 0.123 e. The van der Waals surface area contributed by atoms with Crippen molar-refractivity contribution in [3.63, 3.8) is 0 Å². The number of hydrogen-bond acceptors (Lipinski definition) is 1. The number of benzene rings is 1. The first kappa shape index (κ1) is 14.5. The Morgan fingerprint density at radius 2 is 1.74 bits per heavy atom. The Morgan fingerprint density at radius 3 is 2.42 bits per heavy atom. The van der Waals surface area contributed by atoms with Crippen molar-refractivity contribution in [2.75, 3.05) is 13.1 Å². The van der Waals surface area contributed by atoms with Crippen LogP contribution in [-0.4, -0.2) is 13.1 Å². The van der Waals surface area contributed by atoms with Gasteiger partial charge in [0, 0.05) is 0 Å². The van der Waals surface area contributed by atoms with E-state index in [0.717, 1.165) is 31.3 Å². The van der Waals surface area contributed by atoms with Crippen LogP contribution in [0.3, 0.4) is 0 Å². The first-order chi connectivity index (χ1) is 9.29. The Morgan fingerprint density at radius 1 is 1.05 bits per heavy atom. The smallest absolute Gasteiger partial charge is 0.123 e. The summed E-state index contributed by atoms with van der Waals surface area (Å²) in [5, 5.41) is 3.51. The molecule has 2 unspecified atom stereocenters. The quantitative estimate of drug-likeness (QED) is 0.786. The molecule has 1 N–H and O–H groups in total. The summed E-state index contributed by atoms with van der Waals surface area (Å²) in [5.74, 6) is 1.41. The lowest BCUT2D eigenvalue weighted by molar-refractivity contribution is 0.299. The molecule has 1 aliphatic rings. The lowest BCUT2D eigenvalue weighted by Gasteiger charge is -2.25. The molecular formula is C17H26FN. The summed E-state index contributed by atoms with van der Waals surface area (Å²) in [4.78, 5) is 0. The van der Waals surface area contributed by atoms with Crippen LogP contribution in [-0.2, 0) is 6.42 Å². The van der Waals surface area contributed by atoms with Crippen molar-refractivity contribution in [2.45, 2.75) is 45.4 Å². The second-order valence-electron chi connectivity index (χ2n) is 5.80. The van der Waals surface area contributed by atoms with E-state index in [2.05, 4.69) is 12.2 Å². The van der Waals surface area contributed by atoms with Crippen LogP contribution in [0.2, 0.25) is 0 Å². The summed E-state index contributed by atoms with van der Waals surface area (Å²) in [6.07, 6.45) is 7.88. The Kier molecular flexibility index (Phi) is 5.84. The molecule has 19 heavy (non-hydrogen) atoms. The highest BCUT2D eigenvalue weighted by molar-refractivity contribution is 5.16. The fourth-order valence-electron chi connectivity index (χ4n) is 3.25. The first-order valence-electron chi connectivity index (χ1n) is 7.74. The summed E-state index contributed by atoms with van der Waals surface area (Å²) >= 11 is 0. The van der Waals surface area contributed by atoms with Gasteiger partial charge in [-0.25, -0.2) is 4.39 Å². The third kappa shape index (κ3) is 4.61. The molecule has 2 heteroatoms. The van der Waals surface area contributed by atoms with E-state index in [0.29, 0.717) is 0 Å². The van der Waals surface area contributed by atoms with Gasteiger partial charge in [0.2, 0.25) is 0 Å². The molecule has 0 saturated heterocycles. The zero-order chi connectivity index (χ0) is 13.5. The molecule has 0 amide bonds. The van der Waals surface area contributed by atoms with Crippen molar-refractivity contribution in [3.05, 3.63) is 35.6 Å². The third-order valence-electron chi connectivity index (χ3n) is 4.38. The average molecular weight is 263 g/mol. The number of halogens is 1. The molecule has 0 heterocycles. The zero-order valence-electron chi connectivity index (χ0n) is 12.0. The van der Waals surface area contributed by atoms with E-state index >= 15 is 0 Å². The van der Waals surface area contributed by atoms with Crippen LogP contribution >= 0.6 is 0 Å². The number of hydrogen-bond donors (Lipinski definition) is 1. The van der Waals surface area contributed by atoms with E-state index in [1.54, 1.807) is 12.1 Å². The SMILES string of the molecule is CCNCC1CCCCCC1Cc1ccc(F)cc1. The van der Waals surface area contributed by atoms with Crippen molar-refractivity contribution in [1.82, 2.24) is 5.32 Å². The number of rotatable bonds is 5. The highest BCUT2D eigenvalue weighted by Gasteiger charge is 2.23. The predicted molar refractivity (Wildman–Crippen MR) is 78.7 cm³/mol. The molecule has 0 aliphatic heterocycles. The summed E-state index contributed by atoms with van der Waals surface area (Å²) in [6.45, 7) is 4.37. The molecule has 0 spiro atoms. The summed E-state index contributed by atoms with van der Waals surface area (Å²) < 4.78 is 13.0. The molecule has 2 rings (SSSR count). The molecule has 0 radical (unpaired) electrons. The Balaban J connectivity index is 1.98. The molecular weight excluding hydrogens is 237 g/mol. The molecule has 1 aliphatic carbocycles. The summed E-state index contributed by atoms with van der Waals surface area (Å²) in [6, 6.07) is 7.08. The van der Waals surface area contributed by atoms with E-state index in [4.69, 9.17) is 0 Å². The van der Waals surface area contributed by atoms with Gasteiger partial charge in [-0.3, -0.25) is 0 Å². The molecule has 1 aromatic rings. The second kappa shape index (κ2) is 7.64. The Bertz CT molecular complexity index is 360. The third-order valence-corrected chi connectivity index (χ3v) is 4.38. The van der Waals surface area contributed by atoms with E-state index in [1.165, 1.54) is 37.7 Å². The van der Waals surface area contributed by atoms with Gasteiger partial charge >= 0.3 is 0 Å². The molecule has 1 nitrogen and oxygen atoms in total. The first-order valence-corrected chi connectivity index (χ1v) is 7.74. The fourth-order valence-corrected chi connectivity index (χ4v) is 3.25. The fraction of sp³-hybridized carbons (Fsp3) is 0.647. The van der Waals surface area contributed by atoms with Crippen LogP contribution in [0.15, 0.2) is 24.3 Å². The topological polar surface area (TPSA) is 12.0 Å². The largest absolute Gasteiger partial charge is 0.317 e. The minimum Gasteiger partial charge on any atom is -0.317 e. The van der Waals surface area contributed by atoms with Crippen LogP contribution in [0.25, 0.3) is 0 Å². The highest BCUT2D eigenvalue weighted by atomic mass is 19.1. The van der Waals surface area contributed by atoms with Gasteiger partial charge in [-0.1, -0.05) is 38.3 Å². The van der Waals surface area contributed by atoms with Gasteiger partial charge in [0.05, 0.1) is 0 Å². The van der Waals surface area contributed by atoms with Crippen molar-refractivity contribution in [2.24, 2.45) is 11.8 Å². The maximum absolute atomic E-state index is 13.0. The standard InChI is InChI=1S/C17H26FN/c1-2-19-13-16-7-5-3-4-6-15(16)12-14-8-10-17(18)11-9-14/h8-11,15-16,19H,2-7,12-13H2,1H3. The van der Waals surface area contributed by atoms with Crippen LogP contribution in [0.4, 0.5) is 4.39 Å². The minimum absolute atomic E-state index is 0.131. The molecule has 1 aromatic carbocycles. The molecule has 0 aromatic heterocycles. The van der Waals surface area contributed by atoms with Gasteiger partial charge in [0.15, 0.2) is 0 Å². The van der Waals surface area contributed by atoms with Crippen LogP contribution < -0.4 is 5.32 Å².